The Morgan fingerprint density at radius 3 is 2.76 bits per heavy atom. The van der Waals surface area contributed by atoms with Gasteiger partial charge >= 0.3 is 0 Å². The average Bonchev–Trinajstić information content (AvgIpc) is 2.37. The largest absolute Gasteiger partial charge is 0.487 e. The summed E-state index contributed by atoms with van der Waals surface area (Å²) in [6.45, 7) is 0.363. The highest BCUT2D eigenvalue weighted by atomic mass is 35.5. The van der Waals surface area contributed by atoms with E-state index in [1.54, 1.807) is 12.1 Å². The lowest BCUT2D eigenvalue weighted by Crippen LogP contribution is -1.98. The monoisotopic (exact) mass is 249 g/mol. The number of hydrogen-bond donors (Lipinski definition) is 1. The Labute approximate surface area is 105 Å². The minimum atomic E-state index is 0.00656. The Balaban J connectivity index is 2.02. The molecule has 0 saturated heterocycles. The second kappa shape index (κ2) is 5.66. The Bertz CT molecular complexity index is 502. The van der Waals surface area contributed by atoms with Crippen molar-refractivity contribution in [2.45, 2.75) is 13.2 Å². The van der Waals surface area contributed by atoms with Crippen LogP contribution in [0.25, 0.3) is 0 Å². The maximum Gasteiger partial charge on any atom is 0.130 e. The fraction of sp³-hybridized carbons (Fsp3) is 0.154. The van der Waals surface area contributed by atoms with E-state index in [9.17, 15) is 0 Å². The van der Waals surface area contributed by atoms with E-state index in [-0.39, 0.29) is 6.61 Å². The van der Waals surface area contributed by atoms with Gasteiger partial charge in [0.05, 0.1) is 12.3 Å². The molecular weight excluding hydrogens is 238 g/mol. The van der Waals surface area contributed by atoms with E-state index >= 15 is 0 Å². The number of aliphatic hydroxyl groups excluding tert-OH is 1. The predicted molar refractivity (Wildman–Crippen MR) is 65.9 cm³/mol. The van der Waals surface area contributed by atoms with Crippen LogP contribution >= 0.6 is 11.6 Å². The van der Waals surface area contributed by atoms with Crippen molar-refractivity contribution in [3.63, 3.8) is 0 Å². The maximum absolute atomic E-state index is 9.00. The number of benzene rings is 1. The lowest BCUT2D eigenvalue weighted by atomic mass is 10.2. The lowest BCUT2D eigenvalue weighted by molar-refractivity contribution is 0.277. The van der Waals surface area contributed by atoms with E-state index in [1.165, 1.54) is 0 Å². The van der Waals surface area contributed by atoms with E-state index < -0.39 is 0 Å². The molecule has 1 N–H and O–H groups in total. The maximum atomic E-state index is 9.00. The van der Waals surface area contributed by atoms with Crippen LogP contribution in [-0.4, -0.2) is 10.1 Å². The Morgan fingerprint density at radius 1 is 1.18 bits per heavy atom. The highest BCUT2D eigenvalue weighted by molar-refractivity contribution is 6.29. The highest BCUT2D eigenvalue weighted by Gasteiger charge is 1.99. The van der Waals surface area contributed by atoms with Gasteiger partial charge in [0.2, 0.25) is 0 Å². The quantitative estimate of drug-likeness (QED) is 0.848. The van der Waals surface area contributed by atoms with Gasteiger partial charge in [0.25, 0.3) is 0 Å². The number of ether oxygens (including phenoxy) is 1. The van der Waals surface area contributed by atoms with Gasteiger partial charge in [-0.25, -0.2) is 4.98 Å². The topological polar surface area (TPSA) is 42.4 Å². The van der Waals surface area contributed by atoms with Crippen LogP contribution in [0.3, 0.4) is 0 Å². The van der Waals surface area contributed by atoms with Crippen molar-refractivity contribution >= 4 is 11.6 Å². The molecule has 0 bridgehead atoms. The fourth-order valence-corrected chi connectivity index (χ4v) is 1.60. The van der Waals surface area contributed by atoms with Gasteiger partial charge in [-0.3, -0.25) is 0 Å². The molecular formula is C13H12ClNO2. The molecule has 0 fully saturated rings. The van der Waals surface area contributed by atoms with Gasteiger partial charge in [-0.1, -0.05) is 29.8 Å². The predicted octanol–water partition coefficient (Wildman–Crippen LogP) is 2.81. The molecule has 3 nitrogen and oxygen atoms in total. The number of nitrogens with zero attached hydrogens (tertiary/aromatic N) is 1. The minimum Gasteiger partial charge on any atom is -0.487 e. The fourth-order valence-electron chi connectivity index (χ4n) is 1.42. The third kappa shape index (κ3) is 3.44. The van der Waals surface area contributed by atoms with Gasteiger partial charge < -0.3 is 9.84 Å². The van der Waals surface area contributed by atoms with E-state index in [1.807, 2.05) is 30.3 Å². The number of aromatic nitrogens is 1. The molecule has 1 heterocycles. The van der Waals surface area contributed by atoms with Gasteiger partial charge in [-0.2, -0.15) is 0 Å². The van der Waals surface area contributed by atoms with Gasteiger partial charge in [-0.05, 0) is 29.8 Å². The second-order valence-corrected chi connectivity index (χ2v) is 3.93. The van der Waals surface area contributed by atoms with E-state index in [2.05, 4.69) is 4.98 Å². The third-order valence-corrected chi connectivity index (χ3v) is 2.45. The molecule has 17 heavy (non-hydrogen) atoms. The summed E-state index contributed by atoms with van der Waals surface area (Å²) >= 11 is 5.77. The smallest absolute Gasteiger partial charge is 0.130 e. The molecule has 0 radical (unpaired) electrons. The van der Waals surface area contributed by atoms with Crippen LogP contribution in [0.15, 0.2) is 42.5 Å². The van der Waals surface area contributed by atoms with E-state index in [0.717, 1.165) is 11.3 Å². The summed E-state index contributed by atoms with van der Waals surface area (Å²) in [5.74, 6) is 0.707. The van der Waals surface area contributed by atoms with Crippen LogP contribution < -0.4 is 4.74 Å². The van der Waals surface area contributed by atoms with Gasteiger partial charge in [0.15, 0.2) is 0 Å². The minimum absolute atomic E-state index is 0.00656. The summed E-state index contributed by atoms with van der Waals surface area (Å²) in [5, 5.41) is 9.45. The van der Waals surface area contributed by atoms with Gasteiger partial charge in [0, 0.05) is 0 Å². The lowest BCUT2D eigenvalue weighted by Gasteiger charge is -2.06. The normalized spacial score (nSPS) is 10.2. The summed E-state index contributed by atoms with van der Waals surface area (Å²) < 4.78 is 5.56. The van der Waals surface area contributed by atoms with Crippen molar-refractivity contribution in [1.82, 2.24) is 4.98 Å². The van der Waals surface area contributed by atoms with E-state index in [4.69, 9.17) is 21.4 Å². The van der Waals surface area contributed by atoms with Crippen LogP contribution in [-0.2, 0) is 13.2 Å². The zero-order valence-electron chi connectivity index (χ0n) is 9.14. The molecule has 0 saturated carbocycles. The summed E-state index contributed by atoms with van der Waals surface area (Å²) in [5.41, 5.74) is 1.59. The summed E-state index contributed by atoms with van der Waals surface area (Å²) in [7, 11) is 0. The number of hydrogen-bond acceptors (Lipinski definition) is 3. The van der Waals surface area contributed by atoms with Crippen molar-refractivity contribution in [3.05, 3.63) is 58.9 Å². The van der Waals surface area contributed by atoms with Gasteiger partial charge in [-0.15, -0.1) is 0 Å². The molecule has 0 spiro atoms. The SMILES string of the molecule is OCc1cccc(OCc2cccc(Cl)n2)c1. The molecule has 1 aromatic heterocycles. The van der Waals surface area contributed by atoms with Crippen molar-refractivity contribution in [3.8, 4) is 5.75 Å². The standard InChI is InChI=1S/C13H12ClNO2/c14-13-6-2-4-11(15-13)9-17-12-5-1-3-10(7-12)8-16/h1-7,16H,8-9H2. The molecule has 2 rings (SSSR count). The number of aliphatic hydroxyl groups is 1. The van der Waals surface area contributed by atoms with Crippen LogP contribution in [0.5, 0.6) is 5.75 Å². The third-order valence-electron chi connectivity index (χ3n) is 2.24. The van der Waals surface area contributed by atoms with Crippen LogP contribution in [0.2, 0.25) is 5.15 Å². The zero-order valence-corrected chi connectivity index (χ0v) is 9.89. The van der Waals surface area contributed by atoms with Gasteiger partial charge in [0.1, 0.15) is 17.5 Å². The van der Waals surface area contributed by atoms with Crippen LogP contribution in [0, 0.1) is 0 Å². The van der Waals surface area contributed by atoms with Crippen LogP contribution in [0.1, 0.15) is 11.3 Å². The molecule has 0 atom stereocenters. The molecule has 0 amide bonds. The summed E-state index contributed by atoms with van der Waals surface area (Å²) in [6, 6.07) is 12.7. The number of rotatable bonds is 4. The van der Waals surface area contributed by atoms with Crippen molar-refractivity contribution in [2.75, 3.05) is 0 Å². The Kier molecular flexibility index (Phi) is 3.96. The molecule has 2 aromatic rings. The molecule has 4 heteroatoms. The van der Waals surface area contributed by atoms with Crippen molar-refractivity contribution < 1.29 is 9.84 Å². The molecule has 1 aromatic carbocycles. The summed E-state index contributed by atoms with van der Waals surface area (Å²) in [6.07, 6.45) is 0. The first-order valence-corrected chi connectivity index (χ1v) is 5.60. The average molecular weight is 250 g/mol. The molecule has 0 unspecified atom stereocenters. The molecule has 0 aliphatic heterocycles. The second-order valence-electron chi connectivity index (χ2n) is 3.55. The number of halogens is 1. The first-order chi connectivity index (χ1) is 8.28. The molecule has 0 aliphatic rings. The molecule has 0 aliphatic carbocycles. The molecule has 88 valence electrons. The number of pyridine rings is 1. The zero-order chi connectivity index (χ0) is 12.1. The van der Waals surface area contributed by atoms with E-state index in [0.29, 0.717) is 17.5 Å². The summed E-state index contributed by atoms with van der Waals surface area (Å²) in [4.78, 5) is 4.12. The van der Waals surface area contributed by atoms with Crippen molar-refractivity contribution in [2.24, 2.45) is 0 Å². The first kappa shape index (κ1) is 11.9. The first-order valence-electron chi connectivity index (χ1n) is 5.22. The Morgan fingerprint density at radius 2 is 2.00 bits per heavy atom. The Hall–Kier alpha value is -1.58. The van der Waals surface area contributed by atoms with Crippen molar-refractivity contribution in [1.29, 1.82) is 0 Å². The van der Waals surface area contributed by atoms with Crippen LogP contribution in [0.4, 0.5) is 0 Å². The highest BCUT2D eigenvalue weighted by Crippen LogP contribution is 2.15.